The summed E-state index contributed by atoms with van der Waals surface area (Å²) < 4.78 is 19.3. The van der Waals surface area contributed by atoms with E-state index in [4.69, 9.17) is 0 Å². The fourth-order valence-corrected chi connectivity index (χ4v) is 3.67. The number of carbonyl (C=O) groups is 1. The highest BCUT2D eigenvalue weighted by molar-refractivity contribution is 7.09. The van der Waals surface area contributed by atoms with Crippen molar-refractivity contribution in [3.05, 3.63) is 59.9 Å². The molecule has 0 radical (unpaired) electrons. The summed E-state index contributed by atoms with van der Waals surface area (Å²) in [5.41, 5.74) is 0.422. The second kappa shape index (κ2) is 6.41. The Morgan fingerprint density at radius 2 is 2.08 bits per heavy atom. The van der Waals surface area contributed by atoms with Crippen molar-refractivity contribution in [2.75, 3.05) is 6.54 Å². The lowest BCUT2D eigenvalue weighted by molar-refractivity contribution is 0.0666. The van der Waals surface area contributed by atoms with Gasteiger partial charge < -0.3 is 9.47 Å². The van der Waals surface area contributed by atoms with Gasteiger partial charge in [-0.05, 0) is 42.7 Å². The first kappa shape index (κ1) is 16.5. The van der Waals surface area contributed by atoms with Gasteiger partial charge in [-0.15, -0.1) is 16.8 Å². The molecule has 0 saturated heterocycles. The number of hydrogen-bond donors (Lipinski definition) is 0. The number of halogens is 1. The Balaban J connectivity index is 1.68. The highest BCUT2D eigenvalue weighted by Gasteiger charge is 2.33. The molecule has 26 heavy (non-hydrogen) atoms. The number of hydrogen-bond acceptors (Lipinski definition) is 6. The lowest BCUT2D eigenvalue weighted by Crippen LogP contribution is -2.41. The predicted octanol–water partition coefficient (Wildman–Crippen LogP) is 2.63. The molecule has 1 amide bonds. The molecule has 0 spiro atoms. The maximum absolute atomic E-state index is 13.1. The van der Waals surface area contributed by atoms with E-state index in [1.54, 1.807) is 11.0 Å². The average Bonchev–Trinajstić information content (AvgIpc) is 3.26. The van der Waals surface area contributed by atoms with Crippen molar-refractivity contribution in [2.24, 2.45) is 0 Å². The molecule has 1 aliphatic heterocycles. The minimum absolute atomic E-state index is 0.197. The van der Waals surface area contributed by atoms with Gasteiger partial charge >= 0.3 is 0 Å². The molecule has 0 N–H and O–H groups in total. The van der Waals surface area contributed by atoms with E-state index in [0.29, 0.717) is 41.1 Å². The van der Waals surface area contributed by atoms with Crippen molar-refractivity contribution in [3.63, 3.8) is 0 Å². The molecule has 132 valence electrons. The first-order chi connectivity index (χ1) is 12.6. The van der Waals surface area contributed by atoms with Crippen LogP contribution in [0, 0.1) is 12.7 Å². The molecule has 0 unspecified atom stereocenters. The van der Waals surface area contributed by atoms with E-state index in [-0.39, 0.29) is 11.7 Å². The fraction of sp³-hybridized carbons (Fsp3) is 0.235. The molecule has 3 heterocycles. The zero-order valence-corrected chi connectivity index (χ0v) is 14.8. The third kappa shape index (κ3) is 2.70. The van der Waals surface area contributed by atoms with Crippen LogP contribution in [-0.4, -0.2) is 41.5 Å². The van der Waals surface area contributed by atoms with Gasteiger partial charge in [0.05, 0.1) is 0 Å². The standard InChI is InChI=1S/C17H15FN6OS/c1-3-13-14-20-21-15(16-19-10(2)22-26-16)24(14)9-8-23(13)17(25)11-4-6-12(18)7-5-11/h3-7,13H,1,8-9H2,2H3/t13-/m1/s1. The van der Waals surface area contributed by atoms with Crippen LogP contribution < -0.4 is 0 Å². The molecule has 3 aromatic rings. The average molecular weight is 370 g/mol. The van der Waals surface area contributed by atoms with Crippen LogP contribution in [0.5, 0.6) is 0 Å². The Kier molecular flexibility index (Phi) is 4.08. The van der Waals surface area contributed by atoms with E-state index in [0.717, 1.165) is 0 Å². The molecule has 0 fully saturated rings. The summed E-state index contributed by atoms with van der Waals surface area (Å²) in [6.07, 6.45) is 1.66. The summed E-state index contributed by atoms with van der Waals surface area (Å²) in [5, 5.41) is 9.20. The number of aromatic nitrogens is 5. The van der Waals surface area contributed by atoms with Crippen LogP contribution in [0.4, 0.5) is 4.39 Å². The second-order valence-electron chi connectivity index (χ2n) is 5.87. The summed E-state index contributed by atoms with van der Waals surface area (Å²) >= 11 is 1.27. The summed E-state index contributed by atoms with van der Waals surface area (Å²) in [4.78, 5) is 18.9. The minimum atomic E-state index is -0.420. The molecule has 7 nitrogen and oxygen atoms in total. The van der Waals surface area contributed by atoms with Crippen LogP contribution in [0.3, 0.4) is 0 Å². The zero-order chi connectivity index (χ0) is 18.3. The van der Waals surface area contributed by atoms with Gasteiger partial charge in [0.15, 0.2) is 16.7 Å². The highest BCUT2D eigenvalue weighted by atomic mass is 32.1. The molecule has 1 atom stereocenters. The van der Waals surface area contributed by atoms with E-state index in [2.05, 4.69) is 26.1 Å². The third-order valence-corrected chi connectivity index (χ3v) is 5.04. The van der Waals surface area contributed by atoms with Crippen LogP contribution in [0.25, 0.3) is 10.8 Å². The number of benzene rings is 1. The van der Waals surface area contributed by atoms with Crippen LogP contribution in [0.15, 0.2) is 36.9 Å². The smallest absolute Gasteiger partial charge is 0.254 e. The predicted molar refractivity (Wildman–Crippen MR) is 94.0 cm³/mol. The molecule has 9 heteroatoms. The maximum atomic E-state index is 13.1. The topological polar surface area (TPSA) is 76.8 Å². The fourth-order valence-electron chi connectivity index (χ4n) is 3.01. The van der Waals surface area contributed by atoms with Gasteiger partial charge in [0.25, 0.3) is 5.91 Å². The Morgan fingerprint density at radius 3 is 2.73 bits per heavy atom. The van der Waals surface area contributed by atoms with E-state index >= 15 is 0 Å². The number of fused-ring (bicyclic) bond motifs is 1. The normalized spacial score (nSPS) is 16.4. The van der Waals surface area contributed by atoms with E-state index in [1.807, 2.05) is 11.5 Å². The summed E-state index contributed by atoms with van der Waals surface area (Å²) in [5.74, 6) is 1.39. The van der Waals surface area contributed by atoms with Crippen molar-refractivity contribution in [3.8, 4) is 10.8 Å². The molecule has 4 rings (SSSR count). The van der Waals surface area contributed by atoms with Gasteiger partial charge in [-0.3, -0.25) is 4.79 Å². The number of rotatable bonds is 3. The molecular weight excluding hydrogens is 355 g/mol. The molecule has 2 aromatic heterocycles. The monoisotopic (exact) mass is 370 g/mol. The maximum Gasteiger partial charge on any atom is 0.254 e. The Morgan fingerprint density at radius 1 is 1.31 bits per heavy atom. The number of carbonyl (C=O) groups excluding carboxylic acids is 1. The summed E-state index contributed by atoms with van der Waals surface area (Å²) in [6.45, 7) is 6.67. The summed E-state index contributed by atoms with van der Waals surface area (Å²) in [7, 11) is 0. The largest absolute Gasteiger partial charge is 0.323 e. The first-order valence-electron chi connectivity index (χ1n) is 8.01. The van der Waals surface area contributed by atoms with Gasteiger partial charge in [0.1, 0.15) is 17.7 Å². The second-order valence-corrected chi connectivity index (χ2v) is 6.62. The third-order valence-electron chi connectivity index (χ3n) is 4.24. The van der Waals surface area contributed by atoms with Crippen LogP contribution in [-0.2, 0) is 6.54 Å². The zero-order valence-electron chi connectivity index (χ0n) is 14.0. The van der Waals surface area contributed by atoms with Gasteiger partial charge in [-0.1, -0.05) is 6.08 Å². The summed E-state index contributed by atoms with van der Waals surface area (Å²) in [6, 6.07) is 5.09. The number of nitrogens with zero attached hydrogens (tertiary/aromatic N) is 6. The lowest BCUT2D eigenvalue weighted by atomic mass is 10.1. The van der Waals surface area contributed by atoms with Crippen molar-refractivity contribution in [1.82, 2.24) is 29.0 Å². The number of aryl methyl sites for hydroxylation is 1. The SMILES string of the molecule is C=C[C@@H]1c2nnc(-c3nc(C)ns3)n2CCN1C(=O)c1ccc(F)cc1. The van der Waals surface area contributed by atoms with Gasteiger partial charge in [0.2, 0.25) is 0 Å². The molecular formula is C17H15FN6OS. The molecule has 1 aliphatic rings. The van der Waals surface area contributed by atoms with E-state index in [9.17, 15) is 9.18 Å². The van der Waals surface area contributed by atoms with Crippen molar-refractivity contribution in [2.45, 2.75) is 19.5 Å². The quantitative estimate of drug-likeness (QED) is 0.663. The van der Waals surface area contributed by atoms with Gasteiger partial charge in [-0.2, -0.15) is 4.37 Å². The van der Waals surface area contributed by atoms with Crippen LogP contribution in [0.1, 0.15) is 28.0 Å². The van der Waals surface area contributed by atoms with Crippen molar-refractivity contribution >= 4 is 17.4 Å². The Labute approximate surface area is 153 Å². The van der Waals surface area contributed by atoms with E-state index < -0.39 is 6.04 Å². The molecule has 1 aromatic carbocycles. The Hall–Kier alpha value is -2.94. The molecule has 0 aliphatic carbocycles. The molecule has 0 saturated carbocycles. The highest BCUT2D eigenvalue weighted by Crippen LogP contribution is 2.31. The van der Waals surface area contributed by atoms with Crippen molar-refractivity contribution in [1.29, 1.82) is 0 Å². The molecule has 0 bridgehead atoms. The van der Waals surface area contributed by atoms with Crippen molar-refractivity contribution < 1.29 is 9.18 Å². The first-order valence-corrected chi connectivity index (χ1v) is 8.78. The van der Waals surface area contributed by atoms with E-state index in [1.165, 1.54) is 35.8 Å². The van der Waals surface area contributed by atoms with Gasteiger partial charge in [-0.25, -0.2) is 9.37 Å². The lowest BCUT2D eigenvalue weighted by Gasteiger charge is -2.34. The number of amides is 1. The van der Waals surface area contributed by atoms with Crippen LogP contribution >= 0.6 is 11.5 Å². The Bertz CT molecular complexity index is 980. The van der Waals surface area contributed by atoms with Crippen LogP contribution in [0.2, 0.25) is 0 Å². The minimum Gasteiger partial charge on any atom is -0.323 e. The van der Waals surface area contributed by atoms with Gasteiger partial charge in [0, 0.05) is 18.7 Å².